The fraction of sp³-hybridized carbons (Fsp3) is 0.444. The molecular weight excluding hydrogens is 168 g/mol. The summed E-state index contributed by atoms with van der Waals surface area (Å²) in [6.45, 7) is 2.42. The number of furan rings is 1. The van der Waals surface area contributed by atoms with Crippen LogP contribution in [0.3, 0.4) is 0 Å². The maximum absolute atomic E-state index is 11.7. The van der Waals surface area contributed by atoms with Crippen LogP contribution < -0.4 is 5.32 Å². The molecule has 1 aliphatic heterocycles. The number of amides is 1. The number of nitrogens with one attached hydrogen (secondary N) is 1. The molecule has 0 bridgehead atoms. The van der Waals surface area contributed by atoms with Gasteiger partial charge in [-0.15, -0.1) is 0 Å². The molecule has 1 fully saturated rings. The van der Waals surface area contributed by atoms with E-state index in [4.69, 9.17) is 4.42 Å². The Hall–Kier alpha value is -1.29. The lowest BCUT2D eigenvalue weighted by Crippen LogP contribution is -2.44. The molecular formula is C9H12N2O2. The van der Waals surface area contributed by atoms with Crippen LogP contribution in [0.4, 0.5) is 0 Å². The van der Waals surface area contributed by atoms with Crippen molar-refractivity contribution in [2.45, 2.75) is 6.42 Å². The molecule has 2 rings (SSSR count). The van der Waals surface area contributed by atoms with E-state index in [0.717, 1.165) is 19.5 Å². The molecule has 1 N–H and O–H groups in total. The largest absolute Gasteiger partial charge is 0.459 e. The third-order valence-electron chi connectivity index (χ3n) is 2.10. The van der Waals surface area contributed by atoms with Gasteiger partial charge in [-0.3, -0.25) is 10.1 Å². The monoisotopic (exact) mass is 180 g/mol. The molecule has 2 heterocycles. The van der Waals surface area contributed by atoms with Crippen molar-refractivity contribution in [3.05, 3.63) is 24.2 Å². The van der Waals surface area contributed by atoms with E-state index in [0.29, 0.717) is 12.4 Å². The zero-order valence-electron chi connectivity index (χ0n) is 7.32. The van der Waals surface area contributed by atoms with Gasteiger partial charge >= 0.3 is 0 Å². The lowest BCUT2D eigenvalue weighted by Gasteiger charge is -2.26. The predicted molar refractivity (Wildman–Crippen MR) is 47.2 cm³/mol. The molecule has 1 aromatic rings. The number of carbonyl (C=O) groups excluding carboxylic acids is 1. The molecule has 0 radical (unpaired) electrons. The number of carbonyl (C=O) groups is 1. The molecule has 1 aromatic heterocycles. The van der Waals surface area contributed by atoms with Crippen molar-refractivity contribution in [1.29, 1.82) is 0 Å². The van der Waals surface area contributed by atoms with E-state index < -0.39 is 0 Å². The standard InChI is InChI=1S/C9H12N2O2/c12-9(8-3-1-6-13-8)11-5-2-4-10-7-11/h1,3,6,10H,2,4-5,7H2. The molecule has 0 spiro atoms. The maximum atomic E-state index is 11.7. The van der Waals surface area contributed by atoms with Gasteiger partial charge in [0.1, 0.15) is 0 Å². The lowest BCUT2D eigenvalue weighted by atomic mass is 10.3. The van der Waals surface area contributed by atoms with Crippen molar-refractivity contribution in [1.82, 2.24) is 10.2 Å². The minimum absolute atomic E-state index is 0.0304. The third-order valence-corrected chi connectivity index (χ3v) is 2.10. The highest BCUT2D eigenvalue weighted by atomic mass is 16.3. The van der Waals surface area contributed by atoms with E-state index in [1.54, 1.807) is 17.0 Å². The fourth-order valence-electron chi connectivity index (χ4n) is 1.42. The molecule has 4 heteroatoms. The number of rotatable bonds is 1. The van der Waals surface area contributed by atoms with E-state index in [-0.39, 0.29) is 5.91 Å². The van der Waals surface area contributed by atoms with Gasteiger partial charge in [-0.05, 0) is 25.1 Å². The highest BCUT2D eigenvalue weighted by Gasteiger charge is 2.19. The van der Waals surface area contributed by atoms with Gasteiger partial charge in [-0.25, -0.2) is 0 Å². The Morgan fingerprint density at radius 2 is 2.54 bits per heavy atom. The average Bonchev–Trinajstić information content (AvgIpc) is 2.71. The molecule has 0 aromatic carbocycles. The number of hydrogen-bond acceptors (Lipinski definition) is 3. The lowest BCUT2D eigenvalue weighted by molar-refractivity contribution is 0.0680. The van der Waals surface area contributed by atoms with E-state index in [9.17, 15) is 4.79 Å². The van der Waals surface area contributed by atoms with Crippen LogP contribution in [0.2, 0.25) is 0 Å². The summed E-state index contributed by atoms with van der Waals surface area (Å²) >= 11 is 0. The predicted octanol–water partition coefficient (Wildman–Crippen LogP) is 0.673. The summed E-state index contributed by atoms with van der Waals surface area (Å²) in [7, 11) is 0. The van der Waals surface area contributed by atoms with Gasteiger partial charge < -0.3 is 9.32 Å². The molecule has 1 aliphatic rings. The van der Waals surface area contributed by atoms with E-state index in [2.05, 4.69) is 5.32 Å². The second-order valence-electron chi connectivity index (χ2n) is 3.06. The van der Waals surface area contributed by atoms with Crippen LogP contribution in [-0.2, 0) is 0 Å². The Balaban J connectivity index is 2.04. The Morgan fingerprint density at radius 3 is 3.15 bits per heavy atom. The second kappa shape index (κ2) is 3.62. The van der Waals surface area contributed by atoms with Crippen LogP contribution in [0.5, 0.6) is 0 Å². The normalized spacial score (nSPS) is 17.4. The van der Waals surface area contributed by atoms with Crippen molar-refractivity contribution < 1.29 is 9.21 Å². The Labute approximate surface area is 76.5 Å². The van der Waals surface area contributed by atoms with Crippen molar-refractivity contribution in [3.63, 3.8) is 0 Å². The molecule has 0 unspecified atom stereocenters. The molecule has 0 atom stereocenters. The summed E-state index contributed by atoms with van der Waals surface area (Å²) < 4.78 is 5.03. The Morgan fingerprint density at radius 1 is 1.62 bits per heavy atom. The van der Waals surface area contributed by atoms with Crippen LogP contribution in [0, 0.1) is 0 Å². The summed E-state index contributed by atoms with van der Waals surface area (Å²) in [5.41, 5.74) is 0. The first-order chi connectivity index (χ1) is 6.38. The van der Waals surface area contributed by atoms with E-state index in [1.165, 1.54) is 6.26 Å². The van der Waals surface area contributed by atoms with Gasteiger partial charge in [-0.1, -0.05) is 0 Å². The highest BCUT2D eigenvalue weighted by molar-refractivity contribution is 5.91. The number of nitrogens with zero attached hydrogens (tertiary/aromatic N) is 1. The van der Waals surface area contributed by atoms with Crippen molar-refractivity contribution in [2.75, 3.05) is 19.8 Å². The summed E-state index contributed by atoms with van der Waals surface area (Å²) in [4.78, 5) is 13.4. The molecule has 4 nitrogen and oxygen atoms in total. The smallest absolute Gasteiger partial charge is 0.290 e. The molecule has 0 saturated carbocycles. The first kappa shape index (κ1) is 8.31. The quantitative estimate of drug-likeness (QED) is 0.691. The highest BCUT2D eigenvalue weighted by Crippen LogP contribution is 2.06. The van der Waals surface area contributed by atoms with Gasteiger partial charge in [0, 0.05) is 6.54 Å². The second-order valence-corrected chi connectivity index (χ2v) is 3.06. The van der Waals surface area contributed by atoms with Gasteiger partial charge in [0.2, 0.25) is 0 Å². The SMILES string of the molecule is O=C(c1ccco1)N1CCCNC1. The molecule has 70 valence electrons. The molecule has 0 aliphatic carbocycles. The van der Waals surface area contributed by atoms with Gasteiger partial charge in [-0.2, -0.15) is 0 Å². The molecule has 13 heavy (non-hydrogen) atoms. The van der Waals surface area contributed by atoms with Crippen LogP contribution in [0.25, 0.3) is 0 Å². The van der Waals surface area contributed by atoms with Crippen LogP contribution in [-0.4, -0.2) is 30.6 Å². The summed E-state index contributed by atoms with van der Waals surface area (Å²) in [5.74, 6) is 0.390. The summed E-state index contributed by atoms with van der Waals surface area (Å²) in [5, 5.41) is 3.14. The average molecular weight is 180 g/mol. The molecule has 1 saturated heterocycles. The van der Waals surface area contributed by atoms with Crippen LogP contribution >= 0.6 is 0 Å². The minimum atomic E-state index is -0.0304. The van der Waals surface area contributed by atoms with Crippen LogP contribution in [0.15, 0.2) is 22.8 Å². The summed E-state index contributed by atoms with van der Waals surface area (Å²) in [6, 6.07) is 3.42. The van der Waals surface area contributed by atoms with E-state index in [1.807, 2.05) is 0 Å². The van der Waals surface area contributed by atoms with Gasteiger partial charge in [0.15, 0.2) is 5.76 Å². The maximum Gasteiger partial charge on any atom is 0.290 e. The van der Waals surface area contributed by atoms with E-state index >= 15 is 0 Å². The topological polar surface area (TPSA) is 45.5 Å². The third kappa shape index (κ3) is 1.72. The molecule has 1 amide bonds. The zero-order chi connectivity index (χ0) is 9.10. The zero-order valence-corrected chi connectivity index (χ0v) is 7.32. The fourth-order valence-corrected chi connectivity index (χ4v) is 1.42. The first-order valence-electron chi connectivity index (χ1n) is 4.41. The van der Waals surface area contributed by atoms with Crippen molar-refractivity contribution >= 4 is 5.91 Å². The number of hydrogen-bond donors (Lipinski definition) is 1. The van der Waals surface area contributed by atoms with Gasteiger partial charge in [0.05, 0.1) is 12.9 Å². The minimum Gasteiger partial charge on any atom is -0.459 e. The summed E-state index contributed by atoms with van der Waals surface area (Å²) in [6.07, 6.45) is 2.52. The Bertz CT molecular complexity index is 276. The van der Waals surface area contributed by atoms with Crippen molar-refractivity contribution in [2.24, 2.45) is 0 Å². The first-order valence-corrected chi connectivity index (χ1v) is 4.41. The van der Waals surface area contributed by atoms with Gasteiger partial charge in [0.25, 0.3) is 5.91 Å². The van der Waals surface area contributed by atoms with Crippen molar-refractivity contribution in [3.8, 4) is 0 Å². The Kier molecular flexibility index (Phi) is 2.31. The van der Waals surface area contributed by atoms with Crippen LogP contribution in [0.1, 0.15) is 17.0 Å².